The third kappa shape index (κ3) is 4.34. The fourth-order valence-electron chi connectivity index (χ4n) is 2.37. The first-order valence-corrected chi connectivity index (χ1v) is 8.23. The van der Waals surface area contributed by atoms with Gasteiger partial charge in [-0.25, -0.2) is 9.37 Å². The minimum atomic E-state index is -0.406. The first-order valence-electron chi connectivity index (χ1n) is 7.85. The van der Waals surface area contributed by atoms with E-state index < -0.39 is 5.91 Å². The van der Waals surface area contributed by atoms with Crippen molar-refractivity contribution >= 4 is 17.5 Å². The predicted octanol–water partition coefficient (Wildman–Crippen LogP) is 3.02. The van der Waals surface area contributed by atoms with Crippen LogP contribution >= 0.6 is 11.6 Å². The minimum absolute atomic E-state index is 0.0521. The van der Waals surface area contributed by atoms with E-state index in [1.807, 2.05) is 0 Å². The van der Waals surface area contributed by atoms with E-state index in [9.17, 15) is 14.0 Å². The molecule has 3 aromatic rings. The molecule has 5 nitrogen and oxygen atoms in total. The Kier molecular flexibility index (Phi) is 5.43. The molecule has 7 heteroatoms. The number of carbonyl (C=O) groups excluding carboxylic acids is 1. The van der Waals surface area contributed by atoms with E-state index in [0.29, 0.717) is 16.3 Å². The molecule has 0 aliphatic heterocycles. The zero-order valence-electron chi connectivity index (χ0n) is 13.7. The molecule has 1 N–H and O–H groups in total. The second kappa shape index (κ2) is 7.93. The van der Waals surface area contributed by atoms with E-state index in [0.717, 1.165) is 5.56 Å². The minimum Gasteiger partial charge on any atom is -0.350 e. The van der Waals surface area contributed by atoms with E-state index in [-0.39, 0.29) is 24.5 Å². The van der Waals surface area contributed by atoms with Crippen molar-refractivity contribution in [3.05, 3.63) is 87.7 Å². The van der Waals surface area contributed by atoms with Gasteiger partial charge in [-0.2, -0.15) is 0 Å². The van der Waals surface area contributed by atoms with Gasteiger partial charge in [0.2, 0.25) is 5.91 Å². The number of benzene rings is 2. The number of hydrogen-bond donors (Lipinski definition) is 1. The van der Waals surface area contributed by atoms with Gasteiger partial charge in [-0.1, -0.05) is 41.9 Å². The number of halogens is 2. The van der Waals surface area contributed by atoms with Crippen molar-refractivity contribution in [2.45, 2.75) is 13.1 Å². The van der Waals surface area contributed by atoms with E-state index in [1.165, 1.54) is 23.0 Å². The largest absolute Gasteiger partial charge is 0.350 e. The lowest BCUT2D eigenvalue weighted by Crippen LogP contribution is -2.32. The Balaban J connectivity index is 1.66. The number of nitrogens with one attached hydrogen (secondary N) is 1. The average Bonchev–Trinajstić information content (AvgIpc) is 2.63. The molecule has 0 saturated carbocycles. The number of aromatic nitrogens is 2. The van der Waals surface area contributed by atoms with Crippen LogP contribution in [-0.4, -0.2) is 15.5 Å². The van der Waals surface area contributed by atoms with Crippen LogP contribution in [0.25, 0.3) is 11.3 Å². The second-order valence-electron chi connectivity index (χ2n) is 5.62. The summed E-state index contributed by atoms with van der Waals surface area (Å²) in [6.45, 7) is -0.141. The van der Waals surface area contributed by atoms with E-state index in [1.54, 1.807) is 42.5 Å². The van der Waals surface area contributed by atoms with E-state index >= 15 is 0 Å². The summed E-state index contributed by atoms with van der Waals surface area (Å²) in [5, 5.41) is 3.18. The van der Waals surface area contributed by atoms with Gasteiger partial charge in [-0.3, -0.25) is 14.2 Å². The van der Waals surface area contributed by atoms with Gasteiger partial charge in [0, 0.05) is 28.8 Å². The van der Waals surface area contributed by atoms with E-state index in [2.05, 4.69) is 10.3 Å². The van der Waals surface area contributed by atoms with Crippen LogP contribution in [0.5, 0.6) is 0 Å². The van der Waals surface area contributed by atoms with Gasteiger partial charge < -0.3 is 5.32 Å². The Bertz CT molecular complexity index is 987. The van der Waals surface area contributed by atoms with Gasteiger partial charge in [0.25, 0.3) is 5.56 Å². The topological polar surface area (TPSA) is 64.0 Å². The van der Waals surface area contributed by atoms with Crippen LogP contribution < -0.4 is 10.9 Å². The van der Waals surface area contributed by atoms with Crippen molar-refractivity contribution in [3.63, 3.8) is 0 Å². The molecule has 3 rings (SSSR count). The zero-order chi connectivity index (χ0) is 18.5. The van der Waals surface area contributed by atoms with Crippen LogP contribution in [0.2, 0.25) is 5.02 Å². The van der Waals surface area contributed by atoms with Crippen molar-refractivity contribution < 1.29 is 9.18 Å². The predicted molar refractivity (Wildman–Crippen MR) is 97.2 cm³/mol. The summed E-state index contributed by atoms with van der Waals surface area (Å²) in [7, 11) is 0. The van der Waals surface area contributed by atoms with Crippen LogP contribution in [0.15, 0.2) is 65.7 Å². The fraction of sp³-hybridized carbons (Fsp3) is 0.105. The standard InChI is InChI=1S/C19H15ClFN3O2/c20-15-7-5-13(6-8-15)17-9-19(26)24(12-23-17)11-18(25)22-10-14-3-1-2-4-16(14)21/h1-9,12H,10-11H2,(H,22,25). The molecule has 0 radical (unpaired) electrons. The molecule has 1 amide bonds. The summed E-state index contributed by atoms with van der Waals surface area (Å²) in [5.74, 6) is -0.796. The summed E-state index contributed by atoms with van der Waals surface area (Å²) < 4.78 is 14.7. The summed E-state index contributed by atoms with van der Waals surface area (Å²) in [6, 6.07) is 14.5. The summed E-state index contributed by atoms with van der Waals surface area (Å²) in [5.41, 5.74) is 1.27. The molecule has 1 aromatic heterocycles. The maximum absolute atomic E-state index is 13.5. The van der Waals surface area contributed by atoms with Gasteiger partial charge in [0.15, 0.2) is 0 Å². The zero-order valence-corrected chi connectivity index (χ0v) is 14.4. The van der Waals surface area contributed by atoms with E-state index in [4.69, 9.17) is 11.6 Å². The molecule has 2 aromatic carbocycles. The molecule has 132 valence electrons. The normalized spacial score (nSPS) is 10.5. The highest BCUT2D eigenvalue weighted by atomic mass is 35.5. The van der Waals surface area contributed by atoms with Gasteiger partial charge in [0.1, 0.15) is 12.4 Å². The van der Waals surface area contributed by atoms with Gasteiger partial charge in [-0.05, 0) is 18.2 Å². The average molecular weight is 372 g/mol. The van der Waals surface area contributed by atoms with Gasteiger partial charge in [0.05, 0.1) is 12.0 Å². The van der Waals surface area contributed by atoms with Crippen LogP contribution in [0.3, 0.4) is 0 Å². The molecule has 1 heterocycles. The Morgan fingerprint density at radius 1 is 1.15 bits per heavy atom. The number of carbonyl (C=O) groups is 1. The van der Waals surface area contributed by atoms with Crippen molar-refractivity contribution in [1.29, 1.82) is 0 Å². The lowest BCUT2D eigenvalue weighted by Gasteiger charge is -2.08. The monoisotopic (exact) mass is 371 g/mol. The smallest absolute Gasteiger partial charge is 0.254 e. The maximum atomic E-state index is 13.5. The van der Waals surface area contributed by atoms with Crippen molar-refractivity contribution in [2.24, 2.45) is 0 Å². The molecular weight excluding hydrogens is 357 g/mol. The number of nitrogens with zero attached hydrogens (tertiary/aromatic N) is 2. The van der Waals surface area contributed by atoms with Crippen LogP contribution in [-0.2, 0) is 17.9 Å². The van der Waals surface area contributed by atoms with Crippen LogP contribution in [0.1, 0.15) is 5.56 Å². The third-order valence-electron chi connectivity index (χ3n) is 3.77. The first-order chi connectivity index (χ1) is 12.5. The Labute approximate surface area is 154 Å². The molecule has 0 unspecified atom stereocenters. The summed E-state index contributed by atoms with van der Waals surface area (Å²) in [6.07, 6.45) is 1.31. The van der Waals surface area contributed by atoms with Crippen molar-refractivity contribution in [1.82, 2.24) is 14.9 Å². The summed E-state index contributed by atoms with van der Waals surface area (Å²) >= 11 is 5.84. The second-order valence-corrected chi connectivity index (χ2v) is 6.05. The molecule has 0 atom stereocenters. The molecule has 26 heavy (non-hydrogen) atoms. The molecule has 0 bridgehead atoms. The SMILES string of the molecule is O=C(Cn1cnc(-c2ccc(Cl)cc2)cc1=O)NCc1ccccc1F. The highest BCUT2D eigenvalue weighted by Gasteiger charge is 2.08. The summed E-state index contributed by atoms with van der Waals surface area (Å²) in [4.78, 5) is 28.4. The fourth-order valence-corrected chi connectivity index (χ4v) is 2.50. The molecule has 0 aliphatic rings. The third-order valence-corrected chi connectivity index (χ3v) is 4.02. The lowest BCUT2D eigenvalue weighted by molar-refractivity contribution is -0.121. The number of rotatable bonds is 5. The molecule has 0 saturated heterocycles. The van der Waals surface area contributed by atoms with Crippen molar-refractivity contribution in [2.75, 3.05) is 0 Å². The first kappa shape index (κ1) is 17.8. The van der Waals surface area contributed by atoms with Crippen LogP contribution in [0, 0.1) is 5.82 Å². The molecular formula is C19H15ClFN3O2. The highest BCUT2D eigenvalue weighted by Crippen LogP contribution is 2.17. The Morgan fingerprint density at radius 2 is 1.88 bits per heavy atom. The van der Waals surface area contributed by atoms with Gasteiger partial charge in [-0.15, -0.1) is 0 Å². The Hall–Kier alpha value is -2.99. The Morgan fingerprint density at radius 3 is 2.58 bits per heavy atom. The highest BCUT2D eigenvalue weighted by molar-refractivity contribution is 6.30. The van der Waals surface area contributed by atoms with Crippen LogP contribution in [0.4, 0.5) is 4.39 Å². The lowest BCUT2D eigenvalue weighted by atomic mass is 10.1. The van der Waals surface area contributed by atoms with Gasteiger partial charge >= 0.3 is 0 Å². The van der Waals surface area contributed by atoms with Crippen molar-refractivity contribution in [3.8, 4) is 11.3 Å². The maximum Gasteiger partial charge on any atom is 0.254 e. The molecule has 0 spiro atoms. The molecule has 0 fully saturated rings. The molecule has 0 aliphatic carbocycles. The number of hydrogen-bond acceptors (Lipinski definition) is 3. The number of amides is 1. The quantitative estimate of drug-likeness (QED) is 0.749.